The van der Waals surface area contributed by atoms with E-state index in [0.717, 1.165) is 47.6 Å². The Labute approximate surface area is 204 Å². The second kappa shape index (κ2) is 10.1. The molecule has 0 radical (unpaired) electrons. The second-order valence-electron chi connectivity index (χ2n) is 9.01. The lowest BCUT2D eigenvalue weighted by Gasteiger charge is -2.07. The molecule has 0 bridgehead atoms. The quantitative estimate of drug-likeness (QED) is 0.386. The van der Waals surface area contributed by atoms with Crippen molar-refractivity contribution in [3.05, 3.63) is 95.6 Å². The van der Waals surface area contributed by atoms with Gasteiger partial charge in [0.15, 0.2) is 5.78 Å². The third kappa shape index (κ3) is 5.55. The Morgan fingerprint density at radius 2 is 1.86 bits per heavy atom. The molecule has 4 aromatic rings. The maximum atomic E-state index is 12.9. The number of amides is 1. The molecule has 2 aromatic heterocycles. The number of aryl methyl sites for hydroxylation is 1. The minimum atomic E-state index is -0.104. The van der Waals surface area contributed by atoms with Crippen LogP contribution in [0.4, 0.5) is 5.69 Å². The molecule has 3 heterocycles. The van der Waals surface area contributed by atoms with Gasteiger partial charge in [-0.05, 0) is 60.8 Å². The average molecular weight is 469 g/mol. The van der Waals surface area contributed by atoms with Gasteiger partial charge in [0.05, 0.1) is 30.5 Å². The summed E-state index contributed by atoms with van der Waals surface area (Å²) in [7, 11) is 0. The molecule has 1 amide bonds. The lowest BCUT2D eigenvalue weighted by Crippen LogP contribution is -2.14. The molecule has 1 fully saturated rings. The van der Waals surface area contributed by atoms with Gasteiger partial charge < -0.3 is 10.6 Å². The van der Waals surface area contributed by atoms with Crippen LogP contribution in [0, 0.1) is 6.92 Å². The summed E-state index contributed by atoms with van der Waals surface area (Å²) in [6, 6.07) is 15.4. The Bertz CT molecular complexity index is 1350. The largest absolute Gasteiger partial charge is 0.326 e. The van der Waals surface area contributed by atoms with Crippen LogP contribution in [0.5, 0.6) is 0 Å². The number of rotatable bonds is 8. The van der Waals surface area contributed by atoms with Crippen molar-refractivity contribution in [2.24, 2.45) is 0 Å². The number of hydrogen-bond acceptors (Lipinski definition) is 5. The molecule has 5 rings (SSSR count). The number of ketones is 1. The molecule has 1 saturated heterocycles. The van der Waals surface area contributed by atoms with E-state index in [0.29, 0.717) is 18.0 Å². The van der Waals surface area contributed by atoms with Gasteiger partial charge in [0.2, 0.25) is 5.91 Å². The molecule has 0 aliphatic carbocycles. The van der Waals surface area contributed by atoms with Crippen molar-refractivity contribution in [3.8, 4) is 5.69 Å². The Morgan fingerprint density at radius 1 is 1.03 bits per heavy atom. The number of aromatic nitrogens is 4. The molecule has 0 spiro atoms. The Balaban J connectivity index is 1.22. The van der Waals surface area contributed by atoms with Gasteiger partial charge >= 0.3 is 0 Å². The first-order valence-corrected chi connectivity index (χ1v) is 11.8. The van der Waals surface area contributed by atoms with Crippen LogP contribution in [0.3, 0.4) is 0 Å². The van der Waals surface area contributed by atoms with E-state index in [4.69, 9.17) is 0 Å². The molecule has 178 valence electrons. The Morgan fingerprint density at radius 3 is 2.69 bits per heavy atom. The normalized spacial score (nSPS) is 15.3. The van der Waals surface area contributed by atoms with Crippen molar-refractivity contribution < 1.29 is 9.59 Å². The number of Topliss-reactive ketones (excluding diaryl/α,β-unsaturated/α-hetero) is 1. The van der Waals surface area contributed by atoms with Crippen molar-refractivity contribution in [1.29, 1.82) is 0 Å². The summed E-state index contributed by atoms with van der Waals surface area (Å²) in [4.78, 5) is 25.4. The summed E-state index contributed by atoms with van der Waals surface area (Å²) >= 11 is 0. The van der Waals surface area contributed by atoms with Crippen LogP contribution < -0.4 is 10.6 Å². The van der Waals surface area contributed by atoms with E-state index < -0.39 is 0 Å². The highest BCUT2D eigenvalue weighted by atomic mass is 16.1. The van der Waals surface area contributed by atoms with Crippen molar-refractivity contribution in [2.45, 2.75) is 32.2 Å². The van der Waals surface area contributed by atoms with E-state index >= 15 is 0 Å². The summed E-state index contributed by atoms with van der Waals surface area (Å²) in [5, 5.41) is 15.1. The number of nitrogens with one attached hydrogen (secondary N) is 2. The highest BCUT2D eigenvalue weighted by Crippen LogP contribution is 2.17. The number of carbonyl (C=O) groups is 2. The van der Waals surface area contributed by atoms with E-state index in [1.165, 1.54) is 0 Å². The third-order valence-electron chi connectivity index (χ3n) is 6.16. The van der Waals surface area contributed by atoms with Crippen molar-refractivity contribution in [1.82, 2.24) is 24.9 Å². The lowest BCUT2D eigenvalue weighted by molar-refractivity contribution is -0.115. The molecule has 1 aliphatic heterocycles. The molecule has 1 atom stereocenters. The first-order chi connectivity index (χ1) is 17.0. The zero-order valence-corrected chi connectivity index (χ0v) is 19.6. The number of hydrogen-bond donors (Lipinski definition) is 2. The second-order valence-corrected chi connectivity index (χ2v) is 9.01. The highest BCUT2D eigenvalue weighted by Gasteiger charge is 2.18. The van der Waals surface area contributed by atoms with Gasteiger partial charge in [0.1, 0.15) is 0 Å². The monoisotopic (exact) mass is 468 g/mol. The summed E-state index contributed by atoms with van der Waals surface area (Å²) < 4.78 is 3.65. The van der Waals surface area contributed by atoms with Gasteiger partial charge in [-0.2, -0.15) is 10.2 Å². The van der Waals surface area contributed by atoms with Crippen LogP contribution >= 0.6 is 0 Å². The molecular weight excluding hydrogens is 440 g/mol. The average Bonchev–Trinajstić information content (AvgIpc) is 3.61. The maximum absolute atomic E-state index is 12.9. The van der Waals surface area contributed by atoms with Crippen molar-refractivity contribution in [3.63, 3.8) is 0 Å². The predicted molar refractivity (Wildman–Crippen MR) is 134 cm³/mol. The predicted octanol–water partition coefficient (Wildman–Crippen LogP) is 3.52. The summed E-state index contributed by atoms with van der Waals surface area (Å²) in [6.45, 7) is 3.90. The van der Waals surface area contributed by atoms with Gasteiger partial charge in [-0.25, -0.2) is 4.68 Å². The lowest BCUT2D eigenvalue weighted by atomic mass is 10.0. The van der Waals surface area contributed by atoms with Gasteiger partial charge in [0.25, 0.3) is 0 Å². The van der Waals surface area contributed by atoms with Gasteiger partial charge in [-0.3, -0.25) is 14.3 Å². The molecule has 8 nitrogen and oxygen atoms in total. The number of benzene rings is 2. The van der Waals surface area contributed by atoms with Crippen LogP contribution in [0.2, 0.25) is 0 Å². The van der Waals surface area contributed by atoms with Crippen LogP contribution in [0.25, 0.3) is 5.69 Å². The molecule has 0 saturated carbocycles. The molecule has 2 aromatic carbocycles. The number of anilines is 1. The van der Waals surface area contributed by atoms with Gasteiger partial charge in [-0.1, -0.05) is 24.3 Å². The van der Waals surface area contributed by atoms with Crippen LogP contribution in [-0.4, -0.2) is 44.3 Å². The molecule has 1 unspecified atom stereocenters. The Hall–Kier alpha value is -4.04. The summed E-state index contributed by atoms with van der Waals surface area (Å²) in [5.41, 5.74) is 4.96. The summed E-state index contributed by atoms with van der Waals surface area (Å²) in [6.07, 6.45) is 8.81. The van der Waals surface area contributed by atoms with E-state index in [-0.39, 0.29) is 18.1 Å². The smallest absolute Gasteiger partial charge is 0.228 e. The maximum Gasteiger partial charge on any atom is 0.228 e. The van der Waals surface area contributed by atoms with E-state index in [9.17, 15) is 9.59 Å². The fraction of sp³-hybridized carbons (Fsp3) is 0.259. The zero-order chi connectivity index (χ0) is 24.2. The molecule has 2 N–H and O–H groups in total. The number of carbonyl (C=O) groups excluding carboxylic acids is 2. The Kier molecular flexibility index (Phi) is 6.54. The fourth-order valence-corrected chi connectivity index (χ4v) is 4.35. The van der Waals surface area contributed by atoms with Crippen molar-refractivity contribution in [2.75, 3.05) is 18.4 Å². The van der Waals surface area contributed by atoms with Gasteiger partial charge in [0, 0.05) is 36.6 Å². The van der Waals surface area contributed by atoms with E-state index in [1.54, 1.807) is 17.1 Å². The van der Waals surface area contributed by atoms with Crippen LogP contribution in [0.15, 0.2) is 73.3 Å². The third-order valence-corrected chi connectivity index (χ3v) is 6.16. The minimum absolute atomic E-state index is 0.0286. The first kappa shape index (κ1) is 22.7. The molecule has 35 heavy (non-hydrogen) atoms. The van der Waals surface area contributed by atoms with E-state index in [1.807, 2.05) is 72.5 Å². The highest BCUT2D eigenvalue weighted by molar-refractivity contribution is 5.98. The molecule has 8 heteroatoms. The SMILES string of the molecule is Cc1cccc(NC(=O)Cc2cnn(-c3cccc(C(=O)Cc4cnn(C5CCNC5)c4)c3)c2)c1. The fourth-order valence-electron chi connectivity index (χ4n) is 4.35. The van der Waals surface area contributed by atoms with Crippen LogP contribution in [-0.2, 0) is 17.6 Å². The number of nitrogens with zero attached hydrogens (tertiary/aromatic N) is 4. The molecule has 1 aliphatic rings. The van der Waals surface area contributed by atoms with Gasteiger partial charge in [-0.15, -0.1) is 0 Å². The zero-order valence-electron chi connectivity index (χ0n) is 19.6. The van der Waals surface area contributed by atoms with E-state index in [2.05, 4.69) is 20.8 Å². The topological polar surface area (TPSA) is 93.8 Å². The molecular formula is C27H28N6O2. The first-order valence-electron chi connectivity index (χ1n) is 11.8. The van der Waals surface area contributed by atoms with Crippen molar-refractivity contribution >= 4 is 17.4 Å². The summed E-state index contributed by atoms with van der Waals surface area (Å²) in [5.74, 6) is -0.0751. The standard InChI is InChI=1S/C27H28N6O2/c1-19-4-2-6-23(10-19)31-27(35)12-21-15-29-32(18-21)24-7-3-5-22(13-24)26(34)11-20-14-30-33(17-20)25-8-9-28-16-25/h2-7,10,13-15,17-18,25,28H,8-9,11-12,16H2,1H3,(H,31,35). The van der Waals surface area contributed by atoms with Crippen LogP contribution in [0.1, 0.15) is 39.5 Å². The minimum Gasteiger partial charge on any atom is -0.326 e.